The Morgan fingerprint density at radius 2 is 2.03 bits per heavy atom. The standard InChI is InChI=1S/C22H28N2O5S/c1-4-29-21-11-10-20(13-16(21)2)30(26,27)24-12-6-7-17(15-24)22(25)23-18-8-5-9-19(14-18)28-3/h5,8-11,13-14,17H,4,6-7,12,15H2,1-3H3,(H,23,25)/t17-/m0/s1. The number of rotatable bonds is 7. The molecular weight excluding hydrogens is 404 g/mol. The predicted octanol–water partition coefficient (Wildman–Crippen LogP) is 3.44. The van der Waals surface area contributed by atoms with Crippen molar-refractivity contribution in [3.63, 3.8) is 0 Å². The molecule has 0 unspecified atom stereocenters. The second kappa shape index (κ2) is 9.49. The van der Waals surface area contributed by atoms with Crippen LogP contribution < -0.4 is 14.8 Å². The molecule has 8 heteroatoms. The van der Waals surface area contributed by atoms with E-state index in [-0.39, 0.29) is 17.3 Å². The molecule has 0 spiro atoms. The summed E-state index contributed by atoms with van der Waals surface area (Å²) in [4.78, 5) is 13.0. The van der Waals surface area contributed by atoms with E-state index in [1.807, 2.05) is 13.8 Å². The van der Waals surface area contributed by atoms with E-state index < -0.39 is 15.9 Å². The average molecular weight is 433 g/mol. The summed E-state index contributed by atoms with van der Waals surface area (Å²) in [7, 11) is -2.13. The number of hydrogen-bond donors (Lipinski definition) is 1. The van der Waals surface area contributed by atoms with E-state index in [1.165, 1.54) is 4.31 Å². The molecule has 0 aliphatic carbocycles. The van der Waals surface area contributed by atoms with E-state index >= 15 is 0 Å². The first kappa shape index (κ1) is 22.1. The van der Waals surface area contributed by atoms with Crippen molar-refractivity contribution in [3.05, 3.63) is 48.0 Å². The minimum Gasteiger partial charge on any atom is -0.497 e. The van der Waals surface area contributed by atoms with Gasteiger partial charge in [-0.1, -0.05) is 6.07 Å². The topological polar surface area (TPSA) is 84.9 Å². The van der Waals surface area contributed by atoms with Crippen LogP contribution in [0.1, 0.15) is 25.3 Å². The van der Waals surface area contributed by atoms with Crippen LogP contribution in [0.25, 0.3) is 0 Å². The summed E-state index contributed by atoms with van der Waals surface area (Å²) in [6.07, 6.45) is 1.27. The summed E-state index contributed by atoms with van der Waals surface area (Å²) in [5.41, 5.74) is 1.39. The highest BCUT2D eigenvalue weighted by molar-refractivity contribution is 7.89. The number of piperidine rings is 1. The summed E-state index contributed by atoms with van der Waals surface area (Å²) >= 11 is 0. The van der Waals surface area contributed by atoms with Gasteiger partial charge in [0, 0.05) is 24.8 Å². The van der Waals surface area contributed by atoms with Gasteiger partial charge in [0.05, 0.1) is 24.5 Å². The molecule has 0 bridgehead atoms. The zero-order chi connectivity index (χ0) is 21.7. The van der Waals surface area contributed by atoms with Gasteiger partial charge >= 0.3 is 0 Å². The van der Waals surface area contributed by atoms with Gasteiger partial charge in [-0.2, -0.15) is 4.31 Å². The maximum Gasteiger partial charge on any atom is 0.243 e. The molecule has 1 fully saturated rings. The van der Waals surface area contributed by atoms with Gasteiger partial charge in [0.2, 0.25) is 15.9 Å². The minimum atomic E-state index is -3.69. The van der Waals surface area contributed by atoms with Gasteiger partial charge in [-0.25, -0.2) is 8.42 Å². The third-order valence-corrected chi connectivity index (χ3v) is 7.04. The quantitative estimate of drug-likeness (QED) is 0.724. The highest BCUT2D eigenvalue weighted by Crippen LogP contribution is 2.28. The largest absolute Gasteiger partial charge is 0.497 e. The smallest absolute Gasteiger partial charge is 0.243 e. The van der Waals surface area contributed by atoms with Crippen LogP contribution in [-0.2, 0) is 14.8 Å². The number of sulfonamides is 1. The number of ether oxygens (including phenoxy) is 2. The van der Waals surface area contributed by atoms with Crippen LogP contribution >= 0.6 is 0 Å². The fourth-order valence-corrected chi connectivity index (χ4v) is 5.18. The number of hydrogen-bond acceptors (Lipinski definition) is 5. The number of benzene rings is 2. The summed E-state index contributed by atoms with van der Waals surface area (Å²) < 4.78 is 38.4. The first-order valence-electron chi connectivity index (χ1n) is 10.0. The Balaban J connectivity index is 1.73. The van der Waals surface area contributed by atoms with Crippen LogP contribution in [0.5, 0.6) is 11.5 Å². The Bertz CT molecular complexity index is 1010. The highest BCUT2D eigenvalue weighted by atomic mass is 32.2. The molecule has 162 valence electrons. The van der Waals surface area contributed by atoms with Crippen LogP contribution in [0.2, 0.25) is 0 Å². The third-order valence-electron chi connectivity index (χ3n) is 5.18. The number of carbonyl (C=O) groups is 1. The monoisotopic (exact) mass is 432 g/mol. The van der Waals surface area contributed by atoms with E-state index in [9.17, 15) is 13.2 Å². The fraction of sp³-hybridized carbons (Fsp3) is 0.409. The van der Waals surface area contributed by atoms with Gasteiger partial charge in [-0.05, 0) is 62.6 Å². The summed E-state index contributed by atoms with van der Waals surface area (Å²) in [6.45, 7) is 4.78. The number of aryl methyl sites for hydroxylation is 1. The second-order valence-corrected chi connectivity index (χ2v) is 9.22. The number of methoxy groups -OCH3 is 1. The number of anilines is 1. The van der Waals surface area contributed by atoms with Gasteiger partial charge in [-0.15, -0.1) is 0 Å². The zero-order valence-electron chi connectivity index (χ0n) is 17.6. The van der Waals surface area contributed by atoms with Crippen molar-refractivity contribution in [2.24, 2.45) is 5.92 Å². The van der Waals surface area contributed by atoms with E-state index in [4.69, 9.17) is 9.47 Å². The Kier molecular flexibility index (Phi) is 6.99. The van der Waals surface area contributed by atoms with E-state index in [0.29, 0.717) is 43.2 Å². The fourth-order valence-electron chi connectivity index (χ4n) is 3.57. The average Bonchev–Trinajstić information content (AvgIpc) is 2.75. The molecular formula is C22H28N2O5S. The molecule has 0 saturated carbocycles. The van der Waals surface area contributed by atoms with Crippen LogP contribution in [-0.4, -0.2) is 45.4 Å². The zero-order valence-corrected chi connectivity index (χ0v) is 18.4. The maximum atomic E-state index is 13.2. The lowest BCUT2D eigenvalue weighted by molar-refractivity contribution is -0.120. The lowest BCUT2D eigenvalue weighted by Gasteiger charge is -2.31. The van der Waals surface area contributed by atoms with Crippen molar-refractivity contribution < 1.29 is 22.7 Å². The molecule has 1 atom stereocenters. The normalized spacial score (nSPS) is 17.4. The predicted molar refractivity (Wildman–Crippen MR) is 115 cm³/mol. The first-order valence-corrected chi connectivity index (χ1v) is 11.5. The van der Waals surface area contributed by atoms with Gasteiger partial charge < -0.3 is 14.8 Å². The Labute approximate surface area is 178 Å². The van der Waals surface area contributed by atoms with Crippen LogP contribution in [0.4, 0.5) is 5.69 Å². The van der Waals surface area contributed by atoms with Crippen LogP contribution in [0, 0.1) is 12.8 Å². The van der Waals surface area contributed by atoms with Crippen molar-refractivity contribution >= 4 is 21.6 Å². The molecule has 30 heavy (non-hydrogen) atoms. The van der Waals surface area contributed by atoms with E-state index in [0.717, 1.165) is 5.56 Å². The van der Waals surface area contributed by atoms with Gasteiger partial charge in [-0.3, -0.25) is 4.79 Å². The van der Waals surface area contributed by atoms with Crippen molar-refractivity contribution in [1.29, 1.82) is 0 Å². The van der Waals surface area contributed by atoms with E-state index in [1.54, 1.807) is 49.6 Å². The molecule has 3 rings (SSSR count). The molecule has 1 heterocycles. The summed E-state index contributed by atoms with van der Waals surface area (Å²) in [5.74, 6) is 0.715. The maximum absolute atomic E-state index is 13.2. The summed E-state index contributed by atoms with van der Waals surface area (Å²) in [6, 6.07) is 12.0. The Hall–Kier alpha value is -2.58. The number of amides is 1. The van der Waals surface area contributed by atoms with E-state index in [2.05, 4.69) is 5.32 Å². The molecule has 1 aliphatic heterocycles. The third kappa shape index (κ3) is 4.94. The Morgan fingerprint density at radius 1 is 1.23 bits per heavy atom. The number of carbonyl (C=O) groups excluding carboxylic acids is 1. The number of nitrogens with zero attached hydrogens (tertiary/aromatic N) is 1. The van der Waals surface area contributed by atoms with Crippen molar-refractivity contribution in [1.82, 2.24) is 4.31 Å². The molecule has 0 aromatic heterocycles. The number of nitrogens with one attached hydrogen (secondary N) is 1. The van der Waals surface area contributed by atoms with Crippen molar-refractivity contribution in [2.45, 2.75) is 31.6 Å². The molecule has 2 aromatic carbocycles. The first-order chi connectivity index (χ1) is 14.3. The van der Waals surface area contributed by atoms with Crippen molar-refractivity contribution in [3.8, 4) is 11.5 Å². The van der Waals surface area contributed by atoms with Crippen molar-refractivity contribution in [2.75, 3.05) is 32.1 Å². The van der Waals surface area contributed by atoms with Gasteiger partial charge in [0.25, 0.3) is 0 Å². The Morgan fingerprint density at radius 3 is 2.73 bits per heavy atom. The molecule has 7 nitrogen and oxygen atoms in total. The lowest BCUT2D eigenvalue weighted by atomic mass is 9.98. The SMILES string of the molecule is CCOc1ccc(S(=O)(=O)N2CCC[C@H](C(=O)Nc3cccc(OC)c3)C2)cc1C. The molecule has 1 aliphatic rings. The second-order valence-electron chi connectivity index (χ2n) is 7.28. The molecule has 2 aromatic rings. The lowest BCUT2D eigenvalue weighted by Crippen LogP contribution is -2.43. The minimum absolute atomic E-state index is 0.157. The van der Waals surface area contributed by atoms with Crippen LogP contribution in [0.3, 0.4) is 0 Å². The van der Waals surface area contributed by atoms with Gasteiger partial charge in [0.15, 0.2) is 0 Å². The molecule has 1 saturated heterocycles. The molecule has 0 radical (unpaired) electrons. The summed E-state index contributed by atoms with van der Waals surface area (Å²) in [5, 5.41) is 2.87. The molecule has 1 N–H and O–H groups in total. The molecule has 1 amide bonds. The van der Waals surface area contributed by atoms with Gasteiger partial charge in [0.1, 0.15) is 11.5 Å². The van der Waals surface area contributed by atoms with Crippen LogP contribution in [0.15, 0.2) is 47.4 Å². The highest BCUT2D eigenvalue weighted by Gasteiger charge is 2.33.